The number of ketones is 1. The molecule has 1 heterocycles. The van der Waals surface area contributed by atoms with Gasteiger partial charge in [-0.05, 0) is 43.3 Å². The number of Topliss-reactive ketones (excluding diaryl/α,β-unsaturated/α-hetero) is 1. The van der Waals surface area contributed by atoms with Crippen LogP contribution in [0.15, 0.2) is 66.9 Å². The largest absolute Gasteiger partial charge is 0.465 e. The molecule has 3 rings (SSSR count). The smallest absolute Gasteiger partial charge is 0.339 e. The van der Waals surface area contributed by atoms with Crippen LogP contribution in [0.25, 0.3) is 0 Å². The molecule has 0 atom stereocenters. The Balaban J connectivity index is 1.80. The molecule has 2 N–H and O–H groups in total. The van der Waals surface area contributed by atoms with Crippen LogP contribution >= 0.6 is 0 Å². The first kappa shape index (κ1) is 19.8. The predicted octanol–water partition coefficient (Wildman–Crippen LogP) is 4.07. The molecule has 2 aromatic carbocycles. The monoisotopic (exact) mass is 389 g/mol. The number of methoxy groups -OCH3 is 1. The predicted molar refractivity (Wildman–Crippen MR) is 110 cm³/mol. The Hall–Kier alpha value is -4.00. The van der Waals surface area contributed by atoms with E-state index in [1.807, 2.05) is 0 Å². The van der Waals surface area contributed by atoms with E-state index in [4.69, 9.17) is 4.74 Å². The number of anilines is 3. The molecule has 0 radical (unpaired) electrons. The minimum absolute atomic E-state index is 0.0826. The third-order valence-corrected chi connectivity index (χ3v) is 4.14. The summed E-state index contributed by atoms with van der Waals surface area (Å²) in [6.07, 6.45) is 1.49. The van der Waals surface area contributed by atoms with Gasteiger partial charge in [-0.25, -0.2) is 9.78 Å². The molecule has 7 heteroatoms. The van der Waals surface area contributed by atoms with E-state index in [-0.39, 0.29) is 11.7 Å². The fraction of sp³-hybridized carbons (Fsp3) is 0.0909. The highest BCUT2D eigenvalue weighted by atomic mass is 16.5. The number of benzene rings is 2. The zero-order chi connectivity index (χ0) is 20.8. The second-order valence-corrected chi connectivity index (χ2v) is 6.18. The number of nitrogens with one attached hydrogen (secondary N) is 2. The molecule has 0 aliphatic rings. The molecule has 7 nitrogen and oxygen atoms in total. The van der Waals surface area contributed by atoms with Gasteiger partial charge in [-0.3, -0.25) is 9.59 Å². The van der Waals surface area contributed by atoms with Gasteiger partial charge in [0.25, 0.3) is 5.91 Å². The standard InChI is InChI=1S/C22H19N3O4/c1-14(26)15-6-5-7-17(12-15)24-21(27)16-10-11-23-20(13-16)25-19-9-4-3-8-18(19)22(28)29-2/h3-13H,1-2H3,(H,23,25)(H,24,27). The van der Waals surface area contributed by atoms with Crippen LogP contribution in [0, 0.1) is 0 Å². The Labute approximate surface area is 167 Å². The molecule has 0 fully saturated rings. The van der Waals surface area contributed by atoms with E-state index in [0.717, 1.165) is 0 Å². The number of hydrogen-bond acceptors (Lipinski definition) is 6. The summed E-state index contributed by atoms with van der Waals surface area (Å²) in [6, 6.07) is 16.7. The third kappa shape index (κ3) is 4.84. The van der Waals surface area contributed by atoms with Crippen molar-refractivity contribution in [3.63, 3.8) is 0 Å². The van der Waals surface area contributed by atoms with E-state index in [9.17, 15) is 14.4 Å². The molecule has 3 aromatic rings. The highest BCUT2D eigenvalue weighted by molar-refractivity contribution is 6.05. The van der Waals surface area contributed by atoms with Gasteiger partial charge in [0.2, 0.25) is 0 Å². The summed E-state index contributed by atoms with van der Waals surface area (Å²) < 4.78 is 4.78. The molecular formula is C22H19N3O4. The van der Waals surface area contributed by atoms with Crippen LogP contribution in [0.3, 0.4) is 0 Å². The summed E-state index contributed by atoms with van der Waals surface area (Å²) in [5, 5.41) is 5.80. The van der Waals surface area contributed by atoms with Gasteiger partial charge in [-0.2, -0.15) is 0 Å². The minimum atomic E-state index is -0.479. The van der Waals surface area contributed by atoms with Gasteiger partial charge in [0.15, 0.2) is 5.78 Å². The fourth-order valence-corrected chi connectivity index (χ4v) is 2.68. The quantitative estimate of drug-likeness (QED) is 0.487. The minimum Gasteiger partial charge on any atom is -0.465 e. The molecule has 1 aromatic heterocycles. The zero-order valence-electron chi connectivity index (χ0n) is 15.9. The van der Waals surface area contributed by atoms with Crippen molar-refractivity contribution in [1.29, 1.82) is 0 Å². The number of carbonyl (C=O) groups is 3. The molecule has 0 saturated heterocycles. The van der Waals surface area contributed by atoms with E-state index < -0.39 is 5.97 Å². The normalized spacial score (nSPS) is 10.1. The van der Waals surface area contributed by atoms with Crippen molar-refractivity contribution >= 4 is 34.9 Å². The Bertz CT molecular complexity index is 1080. The molecule has 0 aliphatic carbocycles. The molecule has 0 aliphatic heterocycles. The van der Waals surface area contributed by atoms with Crippen molar-refractivity contribution in [3.05, 3.63) is 83.6 Å². The number of esters is 1. The summed E-state index contributed by atoms with van der Waals surface area (Å²) in [7, 11) is 1.31. The number of para-hydroxylation sites is 1. The second kappa shape index (κ2) is 8.79. The van der Waals surface area contributed by atoms with Crippen LogP contribution in [0.5, 0.6) is 0 Å². The summed E-state index contributed by atoms with van der Waals surface area (Å²) >= 11 is 0. The fourth-order valence-electron chi connectivity index (χ4n) is 2.68. The average Bonchev–Trinajstić information content (AvgIpc) is 2.74. The summed E-state index contributed by atoms with van der Waals surface area (Å²) in [5.74, 6) is -0.517. The lowest BCUT2D eigenvalue weighted by molar-refractivity contribution is 0.0601. The van der Waals surface area contributed by atoms with Gasteiger partial charge in [-0.1, -0.05) is 24.3 Å². The SMILES string of the molecule is COC(=O)c1ccccc1Nc1cc(C(=O)Nc2cccc(C(C)=O)c2)ccn1. The number of carbonyl (C=O) groups excluding carboxylic acids is 3. The van der Waals surface area contributed by atoms with E-state index in [2.05, 4.69) is 15.6 Å². The van der Waals surface area contributed by atoms with Crippen molar-refractivity contribution < 1.29 is 19.1 Å². The van der Waals surface area contributed by atoms with Crippen molar-refractivity contribution in [2.45, 2.75) is 6.92 Å². The Morgan fingerprint density at radius 3 is 2.48 bits per heavy atom. The maximum Gasteiger partial charge on any atom is 0.339 e. The molecule has 0 bridgehead atoms. The van der Waals surface area contributed by atoms with Crippen LogP contribution in [-0.2, 0) is 4.74 Å². The summed E-state index contributed by atoms with van der Waals surface area (Å²) in [4.78, 5) is 40.2. The lowest BCUT2D eigenvalue weighted by Crippen LogP contribution is -2.13. The highest BCUT2D eigenvalue weighted by Gasteiger charge is 2.13. The van der Waals surface area contributed by atoms with Crippen LogP contribution in [0.2, 0.25) is 0 Å². The van der Waals surface area contributed by atoms with Crippen molar-refractivity contribution in [3.8, 4) is 0 Å². The maximum absolute atomic E-state index is 12.6. The number of amides is 1. The number of aromatic nitrogens is 1. The van der Waals surface area contributed by atoms with Crippen LogP contribution < -0.4 is 10.6 Å². The molecule has 1 amide bonds. The van der Waals surface area contributed by atoms with Crippen LogP contribution in [0.4, 0.5) is 17.2 Å². The first-order chi connectivity index (χ1) is 14.0. The lowest BCUT2D eigenvalue weighted by Gasteiger charge is -2.11. The topological polar surface area (TPSA) is 97.4 Å². The molecule has 146 valence electrons. The van der Waals surface area contributed by atoms with Gasteiger partial charge < -0.3 is 15.4 Å². The average molecular weight is 389 g/mol. The van der Waals surface area contributed by atoms with E-state index in [0.29, 0.717) is 33.9 Å². The summed E-state index contributed by atoms with van der Waals surface area (Å²) in [5.41, 5.74) is 2.27. The second-order valence-electron chi connectivity index (χ2n) is 6.18. The van der Waals surface area contributed by atoms with Crippen molar-refractivity contribution in [2.75, 3.05) is 17.7 Å². The molecular weight excluding hydrogens is 370 g/mol. The van der Waals surface area contributed by atoms with E-state index in [1.54, 1.807) is 60.7 Å². The van der Waals surface area contributed by atoms with Gasteiger partial charge >= 0.3 is 5.97 Å². The first-order valence-corrected chi connectivity index (χ1v) is 8.80. The Morgan fingerprint density at radius 2 is 1.72 bits per heavy atom. The van der Waals surface area contributed by atoms with Gasteiger partial charge in [0.1, 0.15) is 5.82 Å². The van der Waals surface area contributed by atoms with Gasteiger partial charge in [0, 0.05) is 23.0 Å². The van der Waals surface area contributed by atoms with Crippen LogP contribution in [0.1, 0.15) is 38.0 Å². The zero-order valence-corrected chi connectivity index (χ0v) is 15.9. The van der Waals surface area contributed by atoms with Gasteiger partial charge in [-0.15, -0.1) is 0 Å². The molecule has 0 unspecified atom stereocenters. The summed E-state index contributed by atoms with van der Waals surface area (Å²) in [6.45, 7) is 1.47. The third-order valence-electron chi connectivity index (χ3n) is 4.14. The first-order valence-electron chi connectivity index (χ1n) is 8.80. The van der Waals surface area contributed by atoms with Crippen LogP contribution in [-0.4, -0.2) is 29.8 Å². The number of ether oxygens (including phenoxy) is 1. The lowest BCUT2D eigenvalue weighted by atomic mass is 10.1. The number of pyridine rings is 1. The van der Waals surface area contributed by atoms with Crippen molar-refractivity contribution in [1.82, 2.24) is 4.98 Å². The Kier molecular flexibility index (Phi) is 5.99. The van der Waals surface area contributed by atoms with Gasteiger partial charge in [0.05, 0.1) is 18.4 Å². The molecule has 29 heavy (non-hydrogen) atoms. The Morgan fingerprint density at radius 1 is 0.931 bits per heavy atom. The van der Waals surface area contributed by atoms with E-state index in [1.165, 1.54) is 20.2 Å². The van der Waals surface area contributed by atoms with Crippen molar-refractivity contribution in [2.24, 2.45) is 0 Å². The number of hydrogen-bond donors (Lipinski definition) is 2. The molecule has 0 spiro atoms. The number of nitrogens with zero attached hydrogens (tertiary/aromatic N) is 1. The highest BCUT2D eigenvalue weighted by Crippen LogP contribution is 2.21. The van der Waals surface area contributed by atoms with E-state index >= 15 is 0 Å². The maximum atomic E-state index is 12.6. The number of rotatable bonds is 6. The molecule has 0 saturated carbocycles.